The summed E-state index contributed by atoms with van der Waals surface area (Å²) < 4.78 is 0. The number of hydrogen-bond donors (Lipinski definition) is 1. The fourth-order valence-electron chi connectivity index (χ4n) is 2.54. The van der Waals surface area contributed by atoms with Crippen LogP contribution in [0.3, 0.4) is 0 Å². The number of carbonyl (C=O) groups is 1. The van der Waals surface area contributed by atoms with Gasteiger partial charge in [0.2, 0.25) is 0 Å². The summed E-state index contributed by atoms with van der Waals surface area (Å²) in [5.74, 6) is 0.0848. The van der Waals surface area contributed by atoms with Gasteiger partial charge in [0.15, 0.2) is 0 Å². The fourth-order valence-corrected chi connectivity index (χ4v) is 2.54. The first-order valence-electron chi connectivity index (χ1n) is 6.56. The Bertz CT molecular complexity index is 442. The number of rotatable bonds is 3. The van der Waals surface area contributed by atoms with Gasteiger partial charge in [-0.25, -0.2) is 0 Å². The van der Waals surface area contributed by atoms with Crippen molar-refractivity contribution in [3.63, 3.8) is 0 Å². The molecule has 4 heteroatoms. The molecule has 1 aromatic heterocycles. The third-order valence-corrected chi connectivity index (χ3v) is 3.56. The molecule has 1 saturated heterocycles. The molecule has 0 unspecified atom stereocenters. The van der Waals surface area contributed by atoms with Crippen LogP contribution in [-0.4, -0.2) is 34.4 Å². The summed E-state index contributed by atoms with van der Waals surface area (Å²) in [7, 11) is 0. The maximum atomic E-state index is 12.6. The van der Waals surface area contributed by atoms with Crippen LogP contribution in [0.4, 0.5) is 5.69 Å². The molecule has 1 amide bonds. The number of pyridine rings is 1. The molecule has 1 N–H and O–H groups in total. The van der Waals surface area contributed by atoms with Crippen molar-refractivity contribution in [1.82, 2.24) is 9.88 Å². The molecule has 1 aromatic rings. The first kappa shape index (κ1) is 12.9. The molecule has 1 fully saturated rings. The molecule has 0 spiro atoms. The van der Waals surface area contributed by atoms with E-state index in [1.807, 2.05) is 17.9 Å². The van der Waals surface area contributed by atoms with Gasteiger partial charge in [0.05, 0.1) is 11.3 Å². The number of hydrogen-bond acceptors (Lipinski definition) is 3. The quantitative estimate of drug-likeness (QED) is 0.892. The van der Waals surface area contributed by atoms with Crippen LogP contribution in [-0.2, 0) is 0 Å². The zero-order valence-corrected chi connectivity index (χ0v) is 11.4. The second-order valence-electron chi connectivity index (χ2n) is 5.32. The van der Waals surface area contributed by atoms with Gasteiger partial charge in [0.25, 0.3) is 5.91 Å². The van der Waals surface area contributed by atoms with E-state index in [0.29, 0.717) is 5.56 Å². The summed E-state index contributed by atoms with van der Waals surface area (Å²) in [5, 5.41) is 3.22. The topological polar surface area (TPSA) is 45.2 Å². The molecular formula is C14H21N3O. The van der Waals surface area contributed by atoms with Gasteiger partial charge in [-0.15, -0.1) is 0 Å². The Balaban J connectivity index is 2.28. The minimum Gasteiger partial charge on any atom is -0.385 e. The lowest BCUT2D eigenvalue weighted by Gasteiger charge is -2.32. The maximum Gasteiger partial charge on any atom is 0.257 e. The van der Waals surface area contributed by atoms with Gasteiger partial charge >= 0.3 is 0 Å². The van der Waals surface area contributed by atoms with Gasteiger partial charge in [-0.3, -0.25) is 9.78 Å². The highest BCUT2D eigenvalue weighted by molar-refractivity contribution is 5.99. The molecule has 0 saturated carbocycles. The summed E-state index contributed by atoms with van der Waals surface area (Å²) in [6, 6.07) is 1.86. The van der Waals surface area contributed by atoms with E-state index in [-0.39, 0.29) is 11.4 Å². The van der Waals surface area contributed by atoms with Crippen LogP contribution < -0.4 is 5.32 Å². The van der Waals surface area contributed by atoms with Crippen LogP contribution in [0.1, 0.15) is 44.0 Å². The van der Waals surface area contributed by atoms with E-state index in [0.717, 1.165) is 31.6 Å². The Morgan fingerprint density at radius 3 is 2.94 bits per heavy atom. The molecule has 0 bridgehead atoms. The predicted octanol–water partition coefficient (Wildman–Crippen LogP) is 2.53. The van der Waals surface area contributed by atoms with Crippen molar-refractivity contribution in [2.24, 2.45) is 0 Å². The number of carbonyl (C=O) groups excluding carboxylic acids is 1. The summed E-state index contributed by atoms with van der Waals surface area (Å²) in [6.45, 7) is 7.91. The summed E-state index contributed by atoms with van der Waals surface area (Å²) in [5.41, 5.74) is 1.51. The van der Waals surface area contributed by atoms with Crippen LogP contribution >= 0.6 is 0 Å². The molecule has 0 aromatic carbocycles. The van der Waals surface area contributed by atoms with Crippen LogP contribution in [0.2, 0.25) is 0 Å². The Kier molecular flexibility index (Phi) is 3.55. The first-order valence-corrected chi connectivity index (χ1v) is 6.56. The largest absolute Gasteiger partial charge is 0.385 e. The highest BCUT2D eigenvalue weighted by atomic mass is 16.2. The maximum absolute atomic E-state index is 12.6. The van der Waals surface area contributed by atoms with E-state index < -0.39 is 0 Å². The van der Waals surface area contributed by atoms with E-state index in [4.69, 9.17) is 0 Å². The Morgan fingerprint density at radius 2 is 2.33 bits per heavy atom. The third kappa shape index (κ3) is 2.33. The molecule has 4 nitrogen and oxygen atoms in total. The number of nitrogens with one attached hydrogen (secondary N) is 1. The van der Waals surface area contributed by atoms with E-state index in [2.05, 4.69) is 24.1 Å². The van der Waals surface area contributed by atoms with E-state index >= 15 is 0 Å². The van der Waals surface area contributed by atoms with E-state index in [9.17, 15) is 4.79 Å². The van der Waals surface area contributed by atoms with Crippen LogP contribution in [0.5, 0.6) is 0 Å². The minimum atomic E-state index is -0.0452. The van der Waals surface area contributed by atoms with Gasteiger partial charge in [-0.2, -0.15) is 0 Å². The third-order valence-electron chi connectivity index (χ3n) is 3.56. The van der Waals surface area contributed by atoms with Crippen molar-refractivity contribution in [1.29, 1.82) is 0 Å². The van der Waals surface area contributed by atoms with Crippen molar-refractivity contribution in [3.05, 3.63) is 24.0 Å². The van der Waals surface area contributed by atoms with Crippen LogP contribution in [0.25, 0.3) is 0 Å². The van der Waals surface area contributed by atoms with Crippen LogP contribution in [0, 0.1) is 0 Å². The molecule has 98 valence electrons. The molecule has 1 aliphatic heterocycles. The predicted molar refractivity (Wildman–Crippen MR) is 72.8 cm³/mol. The van der Waals surface area contributed by atoms with Crippen LogP contribution in [0.15, 0.2) is 18.5 Å². The second kappa shape index (κ2) is 4.96. The van der Waals surface area contributed by atoms with Gasteiger partial charge < -0.3 is 10.2 Å². The number of aromatic nitrogens is 1. The zero-order valence-electron chi connectivity index (χ0n) is 11.4. The summed E-state index contributed by atoms with van der Waals surface area (Å²) >= 11 is 0. The SMILES string of the molecule is CCNc1ccncc1C(=O)N1CCCC1(C)C. The molecule has 0 radical (unpaired) electrons. The zero-order chi connectivity index (χ0) is 13.2. The fraction of sp³-hybridized carbons (Fsp3) is 0.571. The molecule has 1 aliphatic rings. The average Bonchev–Trinajstić information content (AvgIpc) is 2.69. The number of anilines is 1. The smallest absolute Gasteiger partial charge is 0.257 e. The van der Waals surface area contributed by atoms with E-state index in [1.165, 1.54) is 0 Å². The van der Waals surface area contributed by atoms with Crippen molar-refractivity contribution in [3.8, 4) is 0 Å². The monoisotopic (exact) mass is 247 g/mol. The lowest BCUT2D eigenvalue weighted by Crippen LogP contribution is -2.42. The number of nitrogens with zero attached hydrogens (tertiary/aromatic N) is 2. The lowest BCUT2D eigenvalue weighted by atomic mass is 10.0. The standard InChI is InChI=1S/C14H21N3O/c1-4-16-12-6-8-15-10-11(12)13(18)17-9-5-7-14(17,2)3/h6,8,10H,4-5,7,9H2,1-3H3,(H,15,16). The molecule has 2 rings (SSSR count). The number of amides is 1. The minimum absolute atomic E-state index is 0.0452. The molecule has 18 heavy (non-hydrogen) atoms. The normalized spacial score (nSPS) is 17.8. The number of likely N-dealkylation sites (tertiary alicyclic amines) is 1. The lowest BCUT2D eigenvalue weighted by molar-refractivity contribution is 0.0652. The van der Waals surface area contributed by atoms with Crippen molar-refractivity contribution < 1.29 is 4.79 Å². The van der Waals surface area contributed by atoms with E-state index in [1.54, 1.807) is 12.4 Å². The summed E-state index contributed by atoms with van der Waals surface area (Å²) in [6.07, 6.45) is 5.52. The van der Waals surface area contributed by atoms with Gasteiger partial charge in [-0.1, -0.05) is 0 Å². The van der Waals surface area contributed by atoms with Gasteiger partial charge in [0.1, 0.15) is 0 Å². The average molecular weight is 247 g/mol. The highest BCUT2D eigenvalue weighted by Gasteiger charge is 2.36. The van der Waals surface area contributed by atoms with Gasteiger partial charge in [0, 0.05) is 31.0 Å². The molecular weight excluding hydrogens is 226 g/mol. The molecule has 0 atom stereocenters. The Hall–Kier alpha value is -1.58. The molecule has 2 heterocycles. The first-order chi connectivity index (χ1) is 8.56. The van der Waals surface area contributed by atoms with Crippen molar-refractivity contribution >= 4 is 11.6 Å². The summed E-state index contributed by atoms with van der Waals surface area (Å²) in [4.78, 5) is 18.6. The molecule has 0 aliphatic carbocycles. The van der Waals surface area contributed by atoms with Crippen molar-refractivity contribution in [2.45, 2.75) is 39.2 Å². The highest BCUT2D eigenvalue weighted by Crippen LogP contribution is 2.30. The Morgan fingerprint density at radius 1 is 1.56 bits per heavy atom. The Labute approximate surface area is 108 Å². The second-order valence-corrected chi connectivity index (χ2v) is 5.32. The van der Waals surface area contributed by atoms with Gasteiger partial charge in [-0.05, 0) is 39.7 Å². The van der Waals surface area contributed by atoms with Crippen molar-refractivity contribution in [2.75, 3.05) is 18.4 Å².